The van der Waals surface area contributed by atoms with Crippen molar-refractivity contribution in [2.24, 2.45) is 5.73 Å². The van der Waals surface area contributed by atoms with Crippen molar-refractivity contribution in [3.05, 3.63) is 123 Å². The van der Waals surface area contributed by atoms with E-state index in [9.17, 15) is 22.8 Å². The number of benzene rings is 2. The minimum absolute atomic E-state index is 0.195. The summed E-state index contributed by atoms with van der Waals surface area (Å²) < 4.78 is 43.9. The summed E-state index contributed by atoms with van der Waals surface area (Å²) in [5.74, 6) is -2.60. The molecule has 0 saturated carbocycles. The number of nitrogens with zero attached hydrogens (tertiary/aromatic N) is 3. The quantitative estimate of drug-likeness (QED) is 0.0852. The van der Waals surface area contributed by atoms with Gasteiger partial charge in [0.05, 0.1) is 16.9 Å². The van der Waals surface area contributed by atoms with E-state index in [0.29, 0.717) is 28.6 Å². The number of hydrogen-bond acceptors (Lipinski definition) is 7. The molecule has 262 valence electrons. The van der Waals surface area contributed by atoms with E-state index in [1.807, 2.05) is 18.2 Å². The van der Waals surface area contributed by atoms with E-state index in [1.54, 1.807) is 57.4 Å². The zero-order valence-corrected chi connectivity index (χ0v) is 30.1. The van der Waals surface area contributed by atoms with Crippen LogP contribution in [0.4, 0.5) is 13.2 Å². The number of carbonyl (C=O) groups is 2. The van der Waals surface area contributed by atoms with E-state index in [0.717, 1.165) is 21.1 Å². The van der Waals surface area contributed by atoms with E-state index >= 15 is 0 Å². The van der Waals surface area contributed by atoms with Gasteiger partial charge in [0.1, 0.15) is 12.0 Å². The van der Waals surface area contributed by atoms with Crippen molar-refractivity contribution in [2.45, 2.75) is 44.2 Å². The Morgan fingerprint density at radius 3 is 2.22 bits per heavy atom. The lowest BCUT2D eigenvalue weighted by molar-refractivity contribution is -0.625. The SMILES string of the molecule is CC(C)(C(=O)O)c1cccc(B(O)O)c1.Cc1nn2cccc[n+]2c1C(=O)O.FC(F)(F)c1ccc(CBr)o1.NCc1ccc(Br)cc1Cl. The van der Waals surface area contributed by atoms with Crippen LogP contribution in [0.3, 0.4) is 0 Å². The number of aromatic carboxylic acids is 1. The second-order valence-electron chi connectivity index (χ2n) is 10.5. The fourth-order valence-electron chi connectivity index (χ4n) is 3.78. The molecule has 0 spiro atoms. The van der Waals surface area contributed by atoms with Gasteiger partial charge in [-0.1, -0.05) is 73.8 Å². The Kier molecular flexibility index (Phi) is 15.5. The Morgan fingerprint density at radius 1 is 1.06 bits per heavy atom. The maximum absolute atomic E-state index is 11.8. The molecule has 0 amide bonds. The first kappa shape index (κ1) is 41.4. The first-order valence-corrected chi connectivity index (χ1v) is 16.3. The molecule has 0 aliphatic carbocycles. The van der Waals surface area contributed by atoms with Gasteiger partial charge in [-0.25, -0.2) is 4.79 Å². The summed E-state index contributed by atoms with van der Waals surface area (Å²) >= 11 is 12.1. The maximum atomic E-state index is 11.8. The number of hydrogen-bond donors (Lipinski definition) is 5. The van der Waals surface area contributed by atoms with Crippen molar-refractivity contribution in [3.8, 4) is 0 Å². The van der Waals surface area contributed by atoms with Gasteiger partial charge in [0.15, 0.2) is 0 Å². The molecule has 18 heteroatoms. The number of carboxylic acid groups (broad SMARTS) is 2. The van der Waals surface area contributed by atoms with Crippen molar-refractivity contribution in [1.82, 2.24) is 9.73 Å². The lowest BCUT2D eigenvalue weighted by Gasteiger charge is -2.20. The third-order valence-electron chi connectivity index (χ3n) is 6.55. The zero-order valence-electron chi connectivity index (χ0n) is 26.2. The highest BCUT2D eigenvalue weighted by molar-refractivity contribution is 9.10. The fraction of sp³-hybridized carbons (Fsp3) is 0.226. The van der Waals surface area contributed by atoms with Crippen molar-refractivity contribution >= 4 is 68.0 Å². The number of aromatic nitrogens is 3. The monoisotopic (exact) mass is 833 g/mol. The molecular weight excluding hydrogens is 803 g/mol. The van der Waals surface area contributed by atoms with Crippen molar-refractivity contribution < 1.29 is 52.0 Å². The van der Waals surface area contributed by atoms with E-state index in [4.69, 9.17) is 37.6 Å². The zero-order chi connectivity index (χ0) is 37.1. The number of nitrogens with two attached hydrogens (primary N) is 1. The smallest absolute Gasteiger partial charge is 0.481 e. The molecule has 6 N–H and O–H groups in total. The van der Waals surface area contributed by atoms with Gasteiger partial charge in [0.2, 0.25) is 11.5 Å². The summed E-state index contributed by atoms with van der Waals surface area (Å²) in [6.07, 6.45) is -1.02. The van der Waals surface area contributed by atoms with E-state index < -0.39 is 36.4 Å². The minimum Gasteiger partial charge on any atom is -0.481 e. The molecule has 0 aliphatic rings. The van der Waals surface area contributed by atoms with Gasteiger partial charge in [-0.2, -0.15) is 13.2 Å². The Balaban J connectivity index is 0.000000229. The Morgan fingerprint density at radius 2 is 1.73 bits per heavy atom. The van der Waals surface area contributed by atoms with Crippen molar-refractivity contribution in [3.63, 3.8) is 0 Å². The topological polar surface area (TPSA) is 176 Å². The van der Waals surface area contributed by atoms with Gasteiger partial charge in [-0.05, 0) is 71.5 Å². The van der Waals surface area contributed by atoms with Crippen LogP contribution in [0.1, 0.15) is 52.7 Å². The molecule has 0 aliphatic heterocycles. The summed E-state index contributed by atoms with van der Waals surface area (Å²) in [6.45, 7) is 5.30. The molecule has 3 heterocycles. The number of alkyl halides is 4. The van der Waals surface area contributed by atoms with Gasteiger partial charge in [0.25, 0.3) is 5.69 Å². The number of aryl methyl sites for hydroxylation is 1. The number of rotatable bonds is 6. The predicted octanol–water partition coefficient (Wildman–Crippen LogP) is 5.41. The molecule has 2 aromatic carbocycles. The highest BCUT2D eigenvalue weighted by Gasteiger charge is 2.34. The lowest BCUT2D eigenvalue weighted by atomic mass is 9.76. The van der Waals surface area contributed by atoms with Gasteiger partial charge in [0, 0.05) is 28.1 Å². The summed E-state index contributed by atoms with van der Waals surface area (Å²) in [4.78, 5) is 21.8. The third kappa shape index (κ3) is 12.0. The van der Waals surface area contributed by atoms with Crippen molar-refractivity contribution in [1.29, 1.82) is 0 Å². The van der Waals surface area contributed by atoms with Crippen LogP contribution in [-0.2, 0) is 28.3 Å². The standard InChI is InChI=1S/C10H13BO4.C8H7N3O2.C7H7BrClN.C6H4BrF3O/c1-10(2,9(12)13)7-4-3-5-8(6-7)11(14)15;1-6-7(8(12)13)10-4-2-3-5-11(10)9-6;8-6-2-1-5(4-10)7(9)3-6;7-3-4-1-2-5(11-4)6(8,9)10/h3-6,14-15H,1-2H3,(H,12,13);2-5H,1H3;1-3H,4,10H2;1-2H,3H2/p+1. The minimum atomic E-state index is -4.37. The number of carboxylic acids is 2. The molecule has 49 heavy (non-hydrogen) atoms. The van der Waals surface area contributed by atoms with Gasteiger partial charge in [-0.15, -0.1) is 4.52 Å². The van der Waals surface area contributed by atoms with Gasteiger partial charge >= 0.3 is 25.2 Å². The molecule has 0 fully saturated rings. The number of fused-ring (bicyclic) bond motifs is 1. The molecule has 11 nitrogen and oxygen atoms in total. The lowest BCUT2D eigenvalue weighted by Crippen LogP contribution is -2.34. The molecule has 0 atom stereocenters. The van der Waals surface area contributed by atoms with Crippen LogP contribution in [0.15, 0.2) is 88.0 Å². The maximum Gasteiger partial charge on any atom is 0.488 e. The van der Waals surface area contributed by atoms with Crippen LogP contribution < -0.4 is 15.7 Å². The molecule has 3 aromatic heterocycles. The summed E-state index contributed by atoms with van der Waals surface area (Å²) in [5.41, 5.74) is 6.87. The number of aliphatic carboxylic acids is 1. The molecule has 0 saturated heterocycles. The van der Waals surface area contributed by atoms with E-state index in [-0.39, 0.29) is 11.5 Å². The Hall–Kier alpha value is -3.74. The van der Waals surface area contributed by atoms with Crippen LogP contribution in [0, 0.1) is 6.92 Å². The van der Waals surface area contributed by atoms with Crippen molar-refractivity contribution in [2.75, 3.05) is 0 Å². The fourth-order valence-corrected chi connectivity index (χ4v) is 4.83. The normalized spacial score (nSPS) is 10.9. The predicted molar refractivity (Wildman–Crippen MR) is 183 cm³/mol. The molecule has 0 unspecified atom stereocenters. The van der Waals surface area contributed by atoms with Gasteiger partial charge < -0.3 is 30.4 Å². The van der Waals surface area contributed by atoms with E-state index in [2.05, 4.69) is 41.4 Å². The Labute approximate surface area is 301 Å². The highest BCUT2D eigenvalue weighted by atomic mass is 79.9. The van der Waals surface area contributed by atoms with Crippen LogP contribution >= 0.6 is 43.5 Å². The average molecular weight is 836 g/mol. The second-order valence-corrected chi connectivity index (χ2v) is 12.3. The second kappa shape index (κ2) is 18.3. The first-order valence-electron chi connectivity index (χ1n) is 14.0. The third-order valence-corrected chi connectivity index (χ3v) is 7.95. The Bertz CT molecular complexity index is 1870. The van der Waals surface area contributed by atoms with Crippen LogP contribution in [0.5, 0.6) is 0 Å². The largest absolute Gasteiger partial charge is 0.488 e. The van der Waals surface area contributed by atoms with Crippen LogP contribution in [0.25, 0.3) is 0 Å². The summed E-state index contributed by atoms with van der Waals surface area (Å²) in [5, 5.41) is 40.8. The average Bonchev–Trinajstić information content (AvgIpc) is 3.66. The molecule has 0 bridgehead atoms. The van der Waals surface area contributed by atoms with Crippen LogP contribution in [0.2, 0.25) is 5.02 Å². The molecule has 0 radical (unpaired) electrons. The van der Waals surface area contributed by atoms with Crippen LogP contribution in [-0.4, -0.2) is 49.0 Å². The summed E-state index contributed by atoms with van der Waals surface area (Å²) in [7, 11) is -1.57. The highest BCUT2D eigenvalue weighted by Crippen LogP contribution is 2.31. The molecule has 5 rings (SSSR count). The number of furan rings is 1. The van der Waals surface area contributed by atoms with E-state index in [1.165, 1.54) is 27.3 Å². The summed E-state index contributed by atoms with van der Waals surface area (Å²) in [6, 6.07) is 17.7. The molecule has 5 aromatic rings. The molecular formula is C31H32BBr2ClF3N4O7+. The first-order chi connectivity index (χ1) is 22.8. The van der Waals surface area contributed by atoms with Gasteiger partial charge in [-0.3, -0.25) is 4.79 Å². The number of halogens is 6.